The first-order chi connectivity index (χ1) is 13.0. The molecule has 2 fully saturated rings. The number of nitrogens with one attached hydrogen (secondary N) is 3. The van der Waals surface area contributed by atoms with Gasteiger partial charge in [-0.2, -0.15) is 17.8 Å². The highest BCUT2D eigenvalue weighted by atomic mass is 32.2. The molecule has 2 aliphatic carbocycles. The highest BCUT2D eigenvalue weighted by molar-refractivity contribution is 8.02. The van der Waals surface area contributed by atoms with Gasteiger partial charge in [0, 0.05) is 28.8 Å². The van der Waals surface area contributed by atoms with Crippen molar-refractivity contribution >= 4 is 37.7 Å². The van der Waals surface area contributed by atoms with E-state index in [0.717, 1.165) is 44.9 Å². The summed E-state index contributed by atoms with van der Waals surface area (Å²) in [5, 5.41) is 8.21. The Labute approximate surface area is 173 Å². The maximum atomic E-state index is 12.9. The van der Waals surface area contributed by atoms with Crippen LogP contribution in [0.2, 0.25) is 0 Å². The molecule has 0 spiro atoms. The van der Waals surface area contributed by atoms with Gasteiger partial charge in [0.05, 0.1) is 12.6 Å². The van der Waals surface area contributed by atoms with Gasteiger partial charge in [-0.05, 0) is 51.5 Å². The second-order valence-corrected chi connectivity index (χ2v) is 10.9. The molecular formula is C18H34N3O3PS2. The average molecular weight is 436 g/mol. The minimum absolute atomic E-state index is 0.161. The summed E-state index contributed by atoms with van der Waals surface area (Å²) in [6.07, 6.45) is 7.37. The van der Waals surface area contributed by atoms with E-state index in [1.165, 1.54) is 11.8 Å². The van der Waals surface area contributed by atoms with Crippen LogP contribution in [0.5, 0.6) is 0 Å². The lowest BCUT2D eigenvalue weighted by molar-refractivity contribution is -0.124. The van der Waals surface area contributed by atoms with Gasteiger partial charge in [-0.15, -0.1) is 11.8 Å². The summed E-state index contributed by atoms with van der Waals surface area (Å²) in [4.78, 5) is 12.5. The Morgan fingerprint density at radius 1 is 1.33 bits per heavy atom. The second-order valence-electron chi connectivity index (χ2n) is 7.28. The number of thioether (sulfide) groups is 1. The van der Waals surface area contributed by atoms with Crippen LogP contribution in [0.4, 0.5) is 0 Å². The highest BCUT2D eigenvalue weighted by Gasteiger charge is 2.28. The summed E-state index contributed by atoms with van der Waals surface area (Å²) in [5.41, 5.74) is 3.14. The molecular weight excluding hydrogens is 401 g/mol. The number of thiol groups is 1. The number of Topliss-reactive ketones (excluding diaryl/α,β-unsaturated/α-hetero) is 1. The number of carbonyl (C=O) groups is 1. The fraction of sp³-hybridized carbons (Fsp3) is 0.833. The molecule has 2 rings (SSSR count). The molecule has 0 aromatic carbocycles. The minimum atomic E-state index is -3.10. The Kier molecular flexibility index (Phi) is 10.4. The first-order valence-electron chi connectivity index (χ1n) is 9.93. The summed E-state index contributed by atoms with van der Waals surface area (Å²) in [7, 11) is -1.27. The third-order valence-corrected chi connectivity index (χ3v) is 8.37. The Morgan fingerprint density at radius 3 is 2.67 bits per heavy atom. The van der Waals surface area contributed by atoms with Crippen molar-refractivity contribution in [3.63, 3.8) is 0 Å². The van der Waals surface area contributed by atoms with Crippen molar-refractivity contribution in [2.75, 3.05) is 19.4 Å². The van der Waals surface area contributed by atoms with Gasteiger partial charge < -0.3 is 9.84 Å². The molecule has 2 aliphatic rings. The second kappa shape index (κ2) is 12.0. The van der Waals surface area contributed by atoms with Crippen LogP contribution in [0, 0.1) is 5.92 Å². The highest BCUT2D eigenvalue weighted by Crippen LogP contribution is 2.44. The number of ketones is 1. The third-order valence-electron chi connectivity index (χ3n) is 5.22. The van der Waals surface area contributed by atoms with Crippen molar-refractivity contribution in [2.24, 2.45) is 5.92 Å². The molecule has 0 radical (unpaired) electrons. The zero-order valence-corrected chi connectivity index (χ0v) is 19.0. The molecule has 27 heavy (non-hydrogen) atoms. The molecule has 9 heteroatoms. The van der Waals surface area contributed by atoms with Crippen LogP contribution in [-0.4, -0.2) is 42.5 Å². The standard InChI is InChI=1S/C18H34N3O3PS2/c1-3-24-25(23,21-20-15-8-9-16(26)12-15)10-11-27-13-17(19-2)18(22)14-6-4-5-7-14/h10-11,14-17,19-20,26H,3-9,12-13H2,1-2H3,(H,21,23)/b11-10-/t15?,16?,17-,25?/m0/s1. The van der Waals surface area contributed by atoms with Gasteiger partial charge in [0.2, 0.25) is 0 Å². The van der Waals surface area contributed by atoms with Crippen LogP contribution >= 0.6 is 31.9 Å². The summed E-state index contributed by atoms with van der Waals surface area (Å²) in [6, 6.07) is 0.103. The molecule has 6 nitrogen and oxygen atoms in total. The van der Waals surface area contributed by atoms with Gasteiger partial charge in [0.15, 0.2) is 5.78 Å². The Bertz CT molecular complexity index is 544. The first kappa shape index (κ1) is 23.5. The molecule has 3 unspecified atom stereocenters. The number of hydrazine groups is 1. The van der Waals surface area contributed by atoms with Crippen LogP contribution < -0.4 is 15.9 Å². The monoisotopic (exact) mass is 435 g/mol. The van der Waals surface area contributed by atoms with Gasteiger partial charge in [-0.25, -0.2) is 5.43 Å². The molecule has 0 saturated heterocycles. The van der Waals surface area contributed by atoms with E-state index in [9.17, 15) is 9.36 Å². The summed E-state index contributed by atoms with van der Waals surface area (Å²) < 4.78 is 18.4. The largest absolute Gasteiger partial charge is 0.314 e. The zero-order chi connectivity index (χ0) is 19.7. The molecule has 0 bridgehead atoms. The van der Waals surface area contributed by atoms with E-state index in [2.05, 4.69) is 28.6 Å². The molecule has 0 heterocycles. The van der Waals surface area contributed by atoms with Crippen LogP contribution in [0.3, 0.4) is 0 Å². The van der Waals surface area contributed by atoms with Gasteiger partial charge in [-0.3, -0.25) is 9.36 Å². The number of hydrogen-bond acceptors (Lipinski definition) is 7. The fourth-order valence-corrected chi connectivity index (χ4v) is 6.65. The normalized spacial score (nSPS) is 27.2. The quantitative estimate of drug-likeness (QED) is 0.211. The van der Waals surface area contributed by atoms with E-state index in [-0.39, 0.29) is 18.0 Å². The third kappa shape index (κ3) is 7.84. The first-order valence-corrected chi connectivity index (χ1v) is 13.2. The van der Waals surface area contributed by atoms with Crippen LogP contribution in [-0.2, 0) is 13.9 Å². The van der Waals surface area contributed by atoms with E-state index in [1.807, 2.05) is 14.0 Å². The van der Waals surface area contributed by atoms with Crippen molar-refractivity contribution in [3.8, 4) is 0 Å². The van der Waals surface area contributed by atoms with E-state index in [4.69, 9.17) is 4.52 Å². The molecule has 0 aliphatic heterocycles. The van der Waals surface area contributed by atoms with E-state index in [1.54, 1.807) is 11.2 Å². The van der Waals surface area contributed by atoms with Crippen LogP contribution in [0.1, 0.15) is 51.9 Å². The van der Waals surface area contributed by atoms with Crippen molar-refractivity contribution in [2.45, 2.75) is 69.2 Å². The summed E-state index contributed by atoms with van der Waals surface area (Å²) in [5.74, 6) is 2.74. The zero-order valence-electron chi connectivity index (χ0n) is 16.4. The number of rotatable bonds is 12. The Hall–Kier alpha value is 0.180. The number of hydrogen-bond donors (Lipinski definition) is 4. The molecule has 0 aromatic rings. The number of likely N-dealkylation sites (N-methyl/N-ethyl adjacent to an activating group) is 1. The van der Waals surface area contributed by atoms with E-state index in [0.29, 0.717) is 23.4 Å². The predicted molar refractivity (Wildman–Crippen MR) is 117 cm³/mol. The maximum Gasteiger partial charge on any atom is 0.306 e. The molecule has 4 atom stereocenters. The van der Waals surface area contributed by atoms with Crippen molar-refractivity contribution in [3.05, 3.63) is 11.2 Å². The van der Waals surface area contributed by atoms with Gasteiger partial charge >= 0.3 is 7.52 Å². The topological polar surface area (TPSA) is 79.5 Å². The average Bonchev–Trinajstić information content (AvgIpc) is 3.32. The van der Waals surface area contributed by atoms with E-state index < -0.39 is 7.52 Å². The van der Waals surface area contributed by atoms with Crippen molar-refractivity contribution < 1.29 is 13.9 Å². The van der Waals surface area contributed by atoms with Gasteiger partial charge in [0.25, 0.3) is 0 Å². The Balaban J connectivity index is 1.80. The lowest BCUT2D eigenvalue weighted by Gasteiger charge is -2.20. The number of carbonyl (C=O) groups excluding carboxylic acids is 1. The summed E-state index contributed by atoms with van der Waals surface area (Å²) in [6.45, 7) is 2.19. The van der Waals surface area contributed by atoms with Crippen molar-refractivity contribution in [1.29, 1.82) is 0 Å². The Morgan fingerprint density at radius 2 is 2.07 bits per heavy atom. The fourth-order valence-electron chi connectivity index (χ4n) is 3.65. The molecule has 2 saturated carbocycles. The molecule has 3 N–H and O–H groups in total. The lowest BCUT2D eigenvalue weighted by Crippen LogP contribution is -2.39. The lowest BCUT2D eigenvalue weighted by atomic mass is 9.98. The minimum Gasteiger partial charge on any atom is -0.314 e. The molecule has 0 amide bonds. The molecule has 0 aromatic heterocycles. The van der Waals surface area contributed by atoms with E-state index >= 15 is 0 Å². The predicted octanol–water partition coefficient (Wildman–Crippen LogP) is 3.71. The van der Waals surface area contributed by atoms with Gasteiger partial charge in [-0.1, -0.05) is 12.8 Å². The SMILES string of the molecule is CCOP(=O)(/C=C\SC[C@H](NC)C(=O)C1CCCC1)NNC1CCC(S)C1. The maximum absolute atomic E-state index is 12.9. The van der Waals surface area contributed by atoms with Crippen molar-refractivity contribution in [1.82, 2.24) is 15.9 Å². The van der Waals surface area contributed by atoms with Gasteiger partial charge in [0.1, 0.15) is 0 Å². The smallest absolute Gasteiger partial charge is 0.306 e. The van der Waals surface area contributed by atoms with Crippen LogP contribution in [0.25, 0.3) is 0 Å². The summed E-state index contributed by atoms with van der Waals surface area (Å²) >= 11 is 5.97. The van der Waals surface area contributed by atoms with Crippen LogP contribution in [0.15, 0.2) is 11.2 Å². The molecule has 156 valence electrons.